The molecule has 0 spiro atoms. The van der Waals surface area contributed by atoms with Gasteiger partial charge in [0.2, 0.25) is 0 Å². The van der Waals surface area contributed by atoms with Crippen molar-refractivity contribution in [2.24, 2.45) is 0 Å². The molecule has 2 aliphatic carbocycles. The fourth-order valence-electron chi connectivity index (χ4n) is 10.2. The van der Waals surface area contributed by atoms with Crippen LogP contribution in [-0.4, -0.2) is 0 Å². The average Bonchev–Trinajstić information content (AvgIpc) is 3.81. The van der Waals surface area contributed by atoms with E-state index < -0.39 is 0 Å². The maximum absolute atomic E-state index is 6.69. The molecule has 0 saturated carbocycles. The van der Waals surface area contributed by atoms with E-state index in [-0.39, 0.29) is 5.41 Å². The molecule has 0 amide bonds. The molecule has 0 atom stereocenters. The fourth-order valence-corrected chi connectivity index (χ4v) is 10.2. The Labute approximate surface area is 301 Å². The molecule has 52 heavy (non-hydrogen) atoms. The Morgan fingerprint density at radius 2 is 0.788 bits per heavy atom. The first kappa shape index (κ1) is 28.3. The van der Waals surface area contributed by atoms with E-state index in [1.54, 1.807) is 0 Å². The quantitative estimate of drug-likeness (QED) is 0.168. The molecule has 242 valence electrons. The molecule has 0 radical (unpaired) electrons. The smallest absolute Gasteiger partial charge is 0.140 e. The SMILES string of the molecule is CC1(C)c2c(cccc2-c2c3ccccc3c(-c3ccc4c5c(cccc35)-c3ccccc3-4)c3ccccc23)-c2ccc3c(oc4ccccc43)c21. The van der Waals surface area contributed by atoms with E-state index in [0.717, 1.165) is 11.2 Å². The highest BCUT2D eigenvalue weighted by Gasteiger charge is 2.41. The number of para-hydroxylation sites is 1. The lowest BCUT2D eigenvalue weighted by Gasteiger charge is -2.26. The van der Waals surface area contributed by atoms with Gasteiger partial charge in [-0.15, -0.1) is 0 Å². The predicted molar refractivity (Wildman–Crippen MR) is 219 cm³/mol. The molecule has 0 bridgehead atoms. The molecular weight excluding hydrogens is 629 g/mol. The number of furan rings is 1. The minimum atomic E-state index is -0.289. The van der Waals surface area contributed by atoms with Crippen LogP contribution in [0.25, 0.3) is 110 Å². The van der Waals surface area contributed by atoms with Gasteiger partial charge in [-0.05, 0) is 106 Å². The van der Waals surface area contributed by atoms with Crippen molar-refractivity contribution >= 4 is 54.3 Å². The Hall–Kier alpha value is -6.44. The average molecular weight is 661 g/mol. The van der Waals surface area contributed by atoms with Crippen LogP contribution in [0.2, 0.25) is 0 Å². The first-order chi connectivity index (χ1) is 25.6. The van der Waals surface area contributed by atoms with Crippen LogP contribution < -0.4 is 0 Å². The second-order valence-corrected chi connectivity index (χ2v) is 15.1. The maximum atomic E-state index is 6.69. The third kappa shape index (κ3) is 3.43. The van der Waals surface area contributed by atoms with Crippen molar-refractivity contribution < 1.29 is 4.42 Å². The van der Waals surface area contributed by atoms with Crippen molar-refractivity contribution in [2.75, 3.05) is 0 Å². The molecule has 2 aliphatic rings. The Morgan fingerprint density at radius 3 is 1.50 bits per heavy atom. The van der Waals surface area contributed by atoms with Gasteiger partial charge in [-0.25, -0.2) is 0 Å². The largest absolute Gasteiger partial charge is 0.456 e. The van der Waals surface area contributed by atoms with Crippen LogP contribution in [0.5, 0.6) is 0 Å². The highest BCUT2D eigenvalue weighted by molar-refractivity contribution is 6.27. The van der Waals surface area contributed by atoms with E-state index in [1.807, 2.05) is 0 Å². The van der Waals surface area contributed by atoms with E-state index in [0.29, 0.717) is 0 Å². The number of hydrogen-bond donors (Lipinski definition) is 0. The molecule has 1 aromatic heterocycles. The fraction of sp³-hybridized carbons (Fsp3) is 0.0588. The van der Waals surface area contributed by atoms with Crippen LogP contribution in [0.15, 0.2) is 162 Å². The van der Waals surface area contributed by atoms with Crippen molar-refractivity contribution in [3.05, 3.63) is 169 Å². The molecule has 0 aliphatic heterocycles. The summed E-state index contributed by atoms with van der Waals surface area (Å²) in [5.41, 5.74) is 17.3. The molecule has 0 saturated heterocycles. The van der Waals surface area contributed by atoms with Crippen LogP contribution in [0.1, 0.15) is 25.0 Å². The summed E-state index contributed by atoms with van der Waals surface area (Å²) < 4.78 is 6.69. The van der Waals surface area contributed by atoms with Crippen molar-refractivity contribution in [1.82, 2.24) is 0 Å². The van der Waals surface area contributed by atoms with Gasteiger partial charge in [0.25, 0.3) is 0 Å². The van der Waals surface area contributed by atoms with Crippen LogP contribution >= 0.6 is 0 Å². The molecule has 1 nitrogen and oxygen atoms in total. The van der Waals surface area contributed by atoms with Gasteiger partial charge in [0.05, 0.1) is 0 Å². The zero-order chi connectivity index (χ0) is 34.3. The summed E-state index contributed by atoms with van der Waals surface area (Å²) >= 11 is 0. The summed E-state index contributed by atoms with van der Waals surface area (Å²) in [5, 5.41) is 10.1. The highest BCUT2D eigenvalue weighted by atomic mass is 16.3. The third-order valence-electron chi connectivity index (χ3n) is 12.2. The Balaban J connectivity index is 1.16. The summed E-state index contributed by atoms with van der Waals surface area (Å²) in [5.74, 6) is 0. The van der Waals surface area contributed by atoms with Gasteiger partial charge in [0.15, 0.2) is 0 Å². The zero-order valence-corrected chi connectivity index (χ0v) is 28.9. The zero-order valence-electron chi connectivity index (χ0n) is 28.9. The van der Waals surface area contributed by atoms with Gasteiger partial charge in [0, 0.05) is 21.8 Å². The van der Waals surface area contributed by atoms with Crippen molar-refractivity contribution in [3.63, 3.8) is 0 Å². The Bertz CT molecular complexity index is 3120. The van der Waals surface area contributed by atoms with Gasteiger partial charge in [-0.3, -0.25) is 0 Å². The van der Waals surface area contributed by atoms with Crippen molar-refractivity contribution in [2.45, 2.75) is 19.3 Å². The van der Waals surface area contributed by atoms with Gasteiger partial charge in [0.1, 0.15) is 11.2 Å². The van der Waals surface area contributed by atoms with Crippen LogP contribution in [0.3, 0.4) is 0 Å². The van der Waals surface area contributed by atoms with Crippen LogP contribution in [0.4, 0.5) is 0 Å². The second-order valence-electron chi connectivity index (χ2n) is 15.1. The normalized spacial score (nSPS) is 13.7. The van der Waals surface area contributed by atoms with Crippen LogP contribution in [-0.2, 0) is 5.41 Å². The third-order valence-corrected chi connectivity index (χ3v) is 12.2. The summed E-state index contributed by atoms with van der Waals surface area (Å²) in [4.78, 5) is 0. The number of fused-ring (bicyclic) bond motifs is 12. The first-order valence-electron chi connectivity index (χ1n) is 18.3. The van der Waals surface area contributed by atoms with E-state index in [9.17, 15) is 0 Å². The molecule has 1 heteroatoms. The summed E-state index contributed by atoms with van der Waals surface area (Å²) in [6.07, 6.45) is 0. The number of benzene rings is 9. The summed E-state index contributed by atoms with van der Waals surface area (Å²) in [6, 6.07) is 58.5. The van der Waals surface area contributed by atoms with Crippen molar-refractivity contribution in [1.29, 1.82) is 0 Å². The monoisotopic (exact) mass is 660 g/mol. The summed E-state index contributed by atoms with van der Waals surface area (Å²) in [7, 11) is 0. The molecule has 0 fully saturated rings. The van der Waals surface area contributed by atoms with Gasteiger partial charge < -0.3 is 4.42 Å². The maximum Gasteiger partial charge on any atom is 0.140 e. The van der Waals surface area contributed by atoms with Crippen molar-refractivity contribution in [3.8, 4) is 55.6 Å². The van der Waals surface area contributed by atoms with E-state index in [1.165, 1.54) is 110 Å². The standard InChI is InChI=1S/C51H32O/c1-51(2)48-40(41-27-28-42-31-15-9-10-24-44(31)52-50(42)49(41)51)22-12-23-43(48)47-35-18-7-5-16-33(35)46(34-17-6-8-19-36(34)47)39-26-25-38-30-14-4-3-13-29(30)32-20-11-21-37(39)45(32)38/h3-28H,1-2H3. The second kappa shape index (κ2) is 9.87. The molecule has 10 aromatic rings. The molecular formula is C51H32O. The van der Waals surface area contributed by atoms with Crippen LogP contribution in [0, 0.1) is 0 Å². The minimum Gasteiger partial charge on any atom is -0.456 e. The predicted octanol–water partition coefficient (Wildman–Crippen LogP) is 14.3. The molecule has 9 aromatic carbocycles. The Morgan fingerprint density at radius 1 is 0.327 bits per heavy atom. The molecule has 1 heterocycles. The van der Waals surface area contributed by atoms with Gasteiger partial charge >= 0.3 is 0 Å². The lowest BCUT2D eigenvalue weighted by atomic mass is 9.76. The lowest BCUT2D eigenvalue weighted by molar-refractivity contribution is 0.621. The number of hydrogen-bond acceptors (Lipinski definition) is 1. The van der Waals surface area contributed by atoms with E-state index >= 15 is 0 Å². The molecule has 0 unspecified atom stereocenters. The van der Waals surface area contributed by atoms with Gasteiger partial charge in [-0.2, -0.15) is 0 Å². The topological polar surface area (TPSA) is 13.1 Å². The summed E-state index contributed by atoms with van der Waals surface area (Å²) in [6.45, 7) is 4.77. The van der Waals surface area contributed by atoms with E-state index in [2.05, 4.69) is 172 Å². The molecule has 12 rings (SSSR count). The number of rotatable bonds is 2. The van der Waals surface area contributed by atoms with Gasteiger partial charge in [-0.1, -0.05) is 159 Å². The van der Waals surface area contributed by atoms with E-state index in [4.69, 9.17) is 4.42 Å². The Kier molecular flexibility index (Phi) is 5.37. The minimum absolute atomic E-state index is 0.289. The molecule has 0 N–H and O–H groups in total. The highest BCUT2D eigenvalue weighted by Crippen LogP contribution is 2.57. The lowest BCUT2D eigenvalue weighted by Crippen LogP contribution is -2.16. The first-order valence-corrected chi connectivity index (χ1v) is 18.3.